The fourth-order valence-corrected chi connectivity index (χ4v) is 2.55. The highest BCUT2D eigenvalue weighted by atomic mass is 79.9. The monoisotopic (exact) mass is 298 g/mol. The SMILES string of the molecule is C=C[C@H](c1cc(Br)ccc1F)N1CCNCC1. The second-order valence-electron chi connectivity index (χ2n) is 4.13. The maximum Gasteiger partial charge on any atom is 0.128 e. The Morgan fingerprint density at radius 2 is 2.12 bits per heavy atom. The maximum absolute atomic E-state index is 13.9. The van der Waals surface area contributed by atoms with E-state index in [1.807, 2.05) is 12.1 Å². The van der Waals surface area contributed by atoms with E-state index in [-0.39, 0.29) is 11.9 Å². The van der Waals surface area contributed by atoms with Gasteiger partial charge in [-0.2, -0.15) is 0 Å². The first-order valence-electron chi connectivity index (χ1n) is 5.74. The summed E-state index contributed by atoms with van der Waals surface area (Å²) < 4.78 is 14.7. The van der Waals surface area contributed by atoms with Crippen molar-refractivity contribution in [3.63, 3.8) is 0 Å². The third-order valence-corrected chi connectivity index (χ3v) is 3.54. The molecule has 1 saturated heterocycles. The first-order valence-corrected chi connectivity index (χ1v) is 6.54. The lowest BCUT2D eigenvalue weighted by atomic mass is 10.0. The van der Waals surface area contributed by atoms with Crippen LogP contribution < -0.4 is 5.32 Å². The zero-order valence-corrected chi connectivity index (χ0v) is 11.2. The Labute approximate surface area is 110 Å². The van der Waals surface area contributed by atoms with Crippen LogP contribution in [0.25, 0.3) is 0 Å². The molecule has 92 valence electrons. The van der Waals surface area contributed by atoms with Gasteiger partial charge in [0.15, 0.2) is 0 Å². The molecule has 4 heteroatoms. The van der Waals surface area contributed by atoms with Crippen molar-refractivity contribution < 1.29 is 4.39 Å². The van der Waals surface area contributed by atoms with Crippen molar-refractivity contribution in [2.75, 3.05) is 26.2 Å². The van der Waals surface area contributed by atoms with Crippen molar-refractivity contribution >= 4 is 15.9 Å². The summed E-state index contributed by atoms with van der Waals surface area (Å²) in [5.41, 5.74) is 0.691. The normalized spacial score (nSPS) is 18.9. The predicted octanol–water partition coefficient (Wildman–Crippen LogP) is 2.72. The summed E-state index contributed by atoms with van der Waals surface area (Å²) in [6.07, 6.45) is 1.82. The van der Waals surface area contributed by atoms with E-state index in [2.05, 4.69) is 32.7 Å². The molecule has 0 spiro atoms. The number of halogens is 2. The number of benzene rings is 1. The van der Waals surface area contributed by atoms with E-state index in [4.69, 9.17) is 0 Å². The Kier molecular flexibility index (Phi) is 4.31. The minimum absolute atomic E-state index is 0.0467. The molecule has 0 aliphatic carbocycles. The molecule has 0 amide bonds. The number of rotatable bonds is 3. The third-order valence-electron chi connectivity index (χ3n) is 3.04. The van der Waals surface area contributed by atoms with Gasteiger partial charge >= 0.3 is 0 Å². The predicted molar refractivity (Wildman–Crippen MR) is 71.5 cm³/mol. The van der Waals surface area contributed by atoms with Gasteiger partial charge in [0.2, 0.25) is 0 Å². The van der Waals surface area contributed by atoms with Crippen molar-refractivity contribution in [1.29, 1.82) is 0 Å². The fourth-order valence-electron chi connectivity index (χ4n) is 2.17. The van der Waals surface area contributed by atoms with Crippen molar-refractivity contribution in [1.82, 2.24) is 10.2 Å². The zero-order valence-electron chi connectivity index (χ0n) is 9.63. The lowest BCUT2D eigenvalue weighted by Crippen LogP contribution is -2.44. The van der Waals surface area contributed by atoms with E-state index in [1.165, 1.54) is 6.07 Å². The lowest BCUT2D eigenvalue weighted by Gasteiger charge is -2.33. The largest absolute Gasteiger partial charge is 0.314 e. The summed E-state index contributed by atoms with van der Waals surface area (Å²) in [7, 11) is 0. The summed E-state index contributed by atoms with van der Waals surface area (Å²) in [5, 5.41) is 3.29. The van der Waals surface area contributed by atoms with Gasteiger partial charge < -0.3 is 5.32 Å². The topological polar surface area (TPSA) is 15.3 Å². The Morgan fingerprint density at radius 1 is 1.41 bits per heavy atom. The highest BCUT2D eigenvalue weighted by Crippen LogP contribution is 2.27. The van der Waals surface area contributed by atoms with Gasteiger partial charge in [-0.05, 0) is 18.2 Å². The van der Waals surface area contributed by atoms with Crippen LogP contribution in [0.15, 0.2) is 35.3 Å². The molecule has 1 heterocycles. The van der Waals surface area contributed by atoms with Crippen LogP contribution in [0.1, 0.15) is 11.6 Å². The summed E-state index contributed by atoms with van der Waals surface area (Å²) in [6, 6.07) is 5.01. The molecule has 1 aromatic carbocycles. The molecule has 1 aromatic rings. The van der Waals surface area contributed by atoms with Gasteiger partial charge in [0.25, 0.3) is 0 Å². The molecular weight excluding hydrogens is 283 g/mol. The minimum Gasteiger partial charge on any atom is -0.314 e. The molecule has 0 aromatic heterocycles. The highest BCUT2D eigenvalue weighted by Gasteiger charge is 2.22. The van der Waals surface area contributed by atoms with E-state index in [0.717, 1.165) is 30.7 Å². The molecule has 0 unspecified atom stereocenters. The van der Waals surface area contributed by atoms with Crippen molar-refractivity contribution in [2.45, 2.75) is 6.04 Å². The molecule has 0 radical (unpaired) electrons. The van der Waals surface area contributed by atoms with Crippen LogP contribution in [0.5, 0.6) is 0 Å². The van der Waals surface area contributed by atoms with Gasteiger partial charge in [0.1, 0.15) is 5.82 Å². The fraction of sp³-hybridized carbons (Fsp3) is 0.385. The average Bonchev–Trinajstić information content (AvgIpc) is 2.36. The van der Waals surface area contributed by atoms with Crippen LogP contribution in [0.3, 0.4) is 0 Å². The Hall–Kier alpha value is -0.710. The smallest absolute Gasteiger partial charge is 0.128 e. The molecule has 2 rings (SSSR count). The molecule has 0 saturated carbocycles. The molecule has 1 N–H and O–H groups in total. The lowest BCUT2D eigenvalue weighted by molar-refractivity contribution is 0.200. The summed E-state index contributed by atoms with van der Waals surface area (Å²) in [6.45, 7) is 7.57. The number of hydrogen-bond donors (Lipinski definition) is 1. The number of nitrogens with zero attached hydrogens (tertiary/aromatic N) is 1. The number of nitrogens with one attached hydrogen (secondary N) is 1. The second-order valence-corrected chi connectivity index (χ2v) is 5.05. The molecule has 2 nitrogen and oxygen atoms in total. The van der Waals surface area contributed by atoms with Gasteiger partial charge in [0.05, 0.1) is 6.04 Å². The summed E-state index contributed by atoms with van der Waals surface area (Å²) in [4.78, 5) is 2.24. The molecule has 17 heavy (non-hydrogen) atoms. The van der Waals surface area contributed by atoms with Gasteiger partial charge in [-0.25, -0.2) is 4.39 Å². The Balaban J connectivity index is 2.27. The minimum atomic E-state index is -0.170. The van der Waals surface area contributed by atoms with Crippen LogP contribution in [0, 0.1) is 5.82 Å². The van der Waals surface area contributed by atoms with E-state index in [0.29, 0.717) is 5.56 Å². The molecule has 1 aliphatic rings. The van der Waals surface area contributed by atoms with Gasteiger partial charge in [-0.15, -0.1) is 6.58 Å². The maximum atomic E-state index is 13.9. The van der Waals surface area contributed by atoms with Crippen molar-refractivity contribution in [2.24, 2.45) is 0 Å². The van der Waals surface area contributed by atoms with Gasteiger partial charge in [-0.1, -0.05) is 22.0 Å². The molecule has 1 fully saturated rings. The van der Waals surface area contributed by atoms with E-state index in [9.17, 15) is 4.39 Å². The van der Waals surface area contributed by atoms with Crippen LogP contribution >= 0.6 is 15.9 Å². The van der Waals surface area contributed by atoms with Crippen molar-refractivity contribution in [3.8, 4) is 0 Å². The summed E-state index contributed by atoms with van der Waals surface area (Å²) in [5.74, 6) is -0.170. The first kappa shape index (κ1) is 12.7. The van der Waals surface area contributed by atoms with E-state index < -0.39 is 0 Å². The quantitative estimate of drug-likeness (QED) is 0.863. The summed E-state index contributed by atoms with van der Waals surface area (Å²) >= 11 is 3.39. The number of piperazine rings is 1. The van der Waals surface area contributed by atoms with E-state index in [1.54, 1.807) is 6.07 Å². The first-order chi connectivity index (χ1) is 8.22. The Bertz CT molecular complexity index is 402. The van der Waals surface area contributed by atoms with Crippen molar-refractivity contribution in [3.05, 3.63) is 46.7 Å². The van der Waals surface area contributed by atoms with Gasteiger partial charge in [0, 0.05) is 36.2 Å². The molecule has 1 atom stereocenters. The average molecular weight is 299 g/mol. The van der Waals surface area contributed by atoms with Crippen LogP contribution in [0.2, 0.25) is 0 Å². The van der Waals surface area contributed by atoms with Gasteiger partial charge in [-0.3, -0.25) is 4.90 Å². The van der Waals surface area contributed by atoms with E-state index >= 15 is 0 Å². The third kappa shape index (κ3) is 2.94. The molecule has 0 bridgehead atoms. The van der Waals surface area contributed by atoms with Crippen LogP contribution in [-0.2, 0) is 0 Å². The van der Waals surface area contributed by atoms with Crippen LogP contribution in [-0.4, -0.2) is 31.1 Å². The standard InChI is InChI=1S/C13H16BrFN2/c1-2-13(17-7-5-16-6-8-17)11-9-10(14)3-4-12(11)15/h2-4,9,13,16H,1,5-8H2/t13-/m1/s1. The highest BCUT2D eigenvalue weighted by molar-refractivity contribution is 9.10. The zero-order chi connectivity index (χ0) is 12.3. The Morgan fingerprint density at radius 3 is 2.76 bits per heavy atom. The number of hydrogen-bond acceptors (Lipinski definition) is 2. The van der Waals surface area contributed by atoms with Crippen LogP contribution in [0.4, 0.5) is 4.39 Å². The second kappa shape index (κ2) is 5.76. The molecular formula is C13H16BrFN2. The molecule has 1 aliphatic heterocycles.